The maximum absolute atomic E-state index is 12.6. The monoisotopic (exact) mass is 375 g/mol. The SMILES string of the molecule is CCOC(=O)C1=C(C)N(CC)C(=S)N[C@@H]1c1cccc(NC(=O)CC)c1. The van der Waals surface area contributed by atoms with Gasteiger partial charge in [0.2, 0.25) is 5.91 Å². The van der Waals surface area contributed by atoms with Crippen LogP contribution < -0.4 is 10.6 Å². The lowest BCUT2D eigenvalue weighted by Gasteiger charge is -2.37. The van der Waals surface area contributed by atoms with E-state index in [4.69, 9.17) is 17.0 Å². The Labute approximate surface area is 159 Å². The van der Waals surface area contributed by atoms with Gasteiger partial charge in [-0.05, 0) is 50.7 Å². The average Bonchev–Trinajstić information content (AvgIpc) is 2.61. The third-order valence-corrected chi connectivity index (χ3v) is 4.57. The number of allylic oxidation sites excluding steroid dienone is 1. The zero-order valence-electron chi connectivity index (χ0n) is 15.6. The molecule has 0 aliphatic carbocycles. The highest BCUT2D eigenvalue weighted by Gasteiger charge is 2.34. The summed E-state index contributed by atoms with van der Waals surface area (Å²) in [6.45, 7) is 8.37. The molecule has 0 fully saturated rings. The highest BCUT2D eigenvalue weighted by Crippen LogP contribution is 2.32. The lowest BCUT2D eigenvalue weighted by Crippen LogP contribution is -2.47. The number of rotatable bonds is 6. The predicted octanol–water partition coefficient (Wildman–Crippen LogP) is 3.12. The Morgan fingerprint density at radius 1 is 1.31 bits per heavy atom. The minimum absolute atomic E-state index is 0.0660. The third-order valence-electron chi connectivity index (χ3n) is 4.23. The number of nitrogens with zero attached hydrogens (tertiary/aromatic N) is 1. The van der Waals surface area contributed by atoms with E-state index in [1.807, 2.05) is 43.0 Å². The second kappa shape index (κ2) is 8.80. The van der Waals surface area contributed by atoms with Gasteiger partial charge in [0.25, 0.3) is 0 Å². The van der Waals surface area contributed by atoms with Gasteiger partial charge in [0.05, 0.1) is 18.2 Å². The summed E-state index contributed by atoms with van der Waals surface area (Å²) in [5.74, 6) is -0.435. The van der Waals surface area contributed by atoms with Crippen LogP contribution in [0.25, 0.3) is 0 Å². The summed E-state index contributed by atoms with van der Waals surface area (Å²) < 4.78 is 5.27. The molecule has 2 N–H and O–H groups in total. The van der Waals surface area contributed by atoms with Crippen LogP contribution in [0.15, 0.2) is 35.5 Å². The Hall–Kier alpha value is -2.41. The Kier molecular flexibility index (Phi) is 6.74. The summed E-state index contributed by atoms with van der Waals surface area (Å²) in [6, 6.07) is 6.98. The molecule has 0 spiro atoms. The summed E-state index contributed by atoms with van der Waals surface area (Å²) in [6.07, 6.45) is 0.397. The number of anilines is 1. The predicted molar refractivity (Wildman–Crippen MR) is 106 cm³/mol. The number of hydrogen-bond donors (Lipinski definition) is 2. The van der Waals surface area contributed by atoms with Crippen LogP contribution in [0.5, 0.6) is 0 Å². The number of esters is 1. The van der Waals surface area contributed by atoms with Crippen molar-refractivity contribution in [1.29, 1.82) is 0 Å². The molecule has 0 radical (unpaired) electrons. The molecule has 0 unspecified atom stereocenters. The van der Waals surface area contributed by atoms with Gasteiger partial charge < -0.3 is 20.3 Å². The van der Waals surface area contributed by atoms with Crippen molar-refractivity contribution in [1.82, 2.24) is 10.2 Å². The summed E-state index contributed by atoms with van der Waals surface area (Å²) in [5, 5.41) is 6.64. The Bertz CT molecular complexity index is 745. The van der Waals surface area contributed by atoms with E-state index in [-0.39, 0.29) is 11.9 Å². The number of thiocarbonyl (C=S) groups is 1. The molecule has 140 valence electrons. The van der Waals surface area contributed by atoms with Crippen LogP contribution in [0.2, 0.25) is 0 Å². The zero-order valence-corrected chi connectivity index (χ0v) is 16.4. The van der Waals surface area contributed by atoms with Gasteiger partial charge in [0.15, 0.2) is 5.11 Å². The first-order chi connectivity index (χ1) is 12.4. The van der Waals surface area contributed by atoms with Gasteiger partial charge in [0, 0.05) is 24.4 Å². The van der Waals surface area contributed by atoms with E-state index in [0.29, 0.717) is 35.9 Å². The van der Waals surface area contributed by atoms with Crippen molar-refractivity contribution in [2.45, 2.75) is 40.2 Å². The zero-order chi connectivity index (χ0) is 19.3. The van der Waals surface area contributed by atoms with E-state index in [0.717, 1.165) is 11.3 Å². The van der Waals surface area contributed by atoms with Crippen LogP contribution in [-0.4, -0.2) is 35.0 Å². The number of amides is 1. The smallest absolute Gasteiger partial charge is 0.338 e. The molecule has 0 saturated carbocycles. The van der Waals surface area contributed by atoms with Gasteiger partial charge in [0.1, 0.15) is 0 Å². The van der Waals surface area contributed by atoms with E-state index >= 15 is 0 Å². The second-order valence-electron chi connectivity index (χ2n) is 5.87. The lowest BCUT2D eigenvalue weighted by molar-refractivity contribution is -0.139. The van der Waals surface area contributed by atoms with E-state index in [1.54, 1.807) is 13.8 Å². The van der Waals surface area contributed by atoms with E-state index < -0.39 is 6.04 Å². The maximum Gasteiger partial charge on any atom is 0.338 e. The fraction of sp³-hybridized carbons (Fsp3) is 0.421. The topological polar surface area (TPSA) is 70.7 Å². The molecule has 1 aromatic rings. The van der Waals surface area contributed by atoms with Crippen LogP contribution in [0, 0.1) is 0 Å². The fourth-order valence-electron chi connectivity index (χ4n) is 2.93. The third kappa shape index (κ3) is 4.22. The Balaban J connectivity index is 2.46. The van der Waals surface area contributed by atoms with Gasteiger partial charge in [-0.3, -0.25) is 4.79 Å². The minimum Gasteiger partial charge on any atom is -0.463 e. The lowest BCUT2D eigenvalue weighted by atomic mass is 9.94. The van der Waals surface area contributed by atoms with Crippen LogP contribution in [0.3, 0.4) is 0 Å². The van der Waals surface area contributed by atoms with Gasteiger partial charge in [-0.15, -0.1) is 0 Å². The molecule has 1 aliphatic rings. The molecule has 0 saturated heterocycles. The maximum atomic E-state index is 12.6. The molecule has 1 aromatic carbocycles. The molecule has 0 bridgehead atoms. The van der Waals surface area contributed by atoms with E-state index in [9.17, 15) is 9.59 Å². The largest absolute Gasteiger partial charge is 0.463 e. The van der Waals surface area contributed by atoms with Crippen LogP contribution in [0.1, 0.15) is 45.7 Å². The first-order valence-electron chi connectivity index (χ1n) is 8.78. The highest BCUT2D eigenvalue weighted by atomic mass is 32.1. The number of nitrogens with one attached hydrogen (secondary N) is 2. The average molecular weight is 375 g/mol. The molecular formula is C19H25N3O3S. The van der Waals surface area contributed by atoms with E-state index in [2.05, 4.69) is 10.6 Å². The molecule has 7 heteroatoms. The standard InChI is InChI=1S/C19H25N3O3S/c1-5-15(23)20-14-10-8-9-13(11-14)17-16(18(24)25-7-3)12(4)22(6-2)19(26)21-17/h8-11,17H,5-7H2,1-4H3,(H,20,23)(H,21,26)/t17-/m1/s1. The van der Waals surface area contributed by atoms with Crippen LogP contribution >= 0.6 is 12.2 Å². The number of hydrogen-bond acceptors (Lipinski definition) is 4. The molecule has 2 rings (SSSR count). The molecule has 1 amide bonds. The number of carbonyl (C=O) groups excluding carboxylic acids is 2. The Morgan fingerprint density at radius 3 is 2.65 bits per heavy atom. The normalized spacial score (nSPS) is 17.0. The quantitative estimate of drug-likeness (QED) is 0.588. The molecule has 26 heavy (non-hydrogen) atoms. The first kappa shape index (κ1) is 19.9. The summed E-state index contributed by atoms with van der Waals surface area (Å²) in [4.78, 5) is 26.2. The molecule has 6 nitrogen and oxygen atoms in total. The minimum atomic E-state index is -0.428. The number of benzene rings is 1. The highest BCUT2D eigenvalue weighted by molar-refractivity contribution is 7.80. The summed E-state index contributed by atoms with van der Waals surface area (Å²) >= 11 is 5.46. The van der Waals surface area contributed by atoms with Crippen LogP contribution in [-0.2, 0) is 14.3 Å². The fourth-order valence-corrected chi connectivity index (χ4v) is 3.31. The first-order valence-corrected chi connectivity index (χ1v) is 9.19. The Morgan fingerprint density at radius 2 is 2.04 bits per heavy atom. The van der Waals surface area contributed by atoms with Crippen LogP contribution in [0.4, 0.5) is 5.69 Å². The summed E-state index contributed by atoms with van der Waals surface area (Å²) in [7, 11) is 0. The number of carbonyl (C=O) groups is 2. The number of ether oxygens (including phenoxy) is 1. The van der Waals surface area contributed by atoms with Crippen molar-refractivity contribution in [2.24, 2.45) is 0 Å². The molecule has 0 aromatic heterocycles. The van der Waals surface area contributed by atoms with Crippen molar-refractivity contribution in [3.8, 4) is 0 Å². The van der Waals surface area contributed by atoms with Gasteiger partial charge in [-0.2, -0.15) is 0 Å². The van der Waals surface area contributed by atoms with Crippen molar-refractivity contribution >= 4 is 34.9 Å². The van der Waals surface area contributed by atoms with Crippen molar-refractivity contribution in [3.63, 3.8) is 0 Å². The van der Waals surface area contributed by atoms with Gasteiger partial charge >= 0.3 is 5.97 Å². The van der Waals surface area contributed by atoms with Crippen molar-refractivity contribution in [3.05, 3.63) is 41.1 Å². The van der Waals surface area contributed by atoms with Crippen molar-refractivity contribution < 1.29 is 14.3 Å². The molecule has 1 aliphatic heterocycles. The summed E-state index contributed by atoms with van der Waals surface area (Å²) in [5.41, 5.74) is 2.82. The molecule has 1 heterocycles. The second-order valence-corrected chi connectivity index (χ2v) is 6.26. The van der Waals surface area contributed by atoms with E-state index in [1.165, 1.54) is 0 Å². The van der Waals surface area contributed by atoms with Gasteiger partial charge in [-0.1, -0.05) is 19.1 Å². The van der Waals surface area contributed by atoms with Crippen molar-refractivity contribution in [2.75, 3.05) is 18.5 Å². The molecular weight excluding hydrogens is 350 g/mol. The molecule has 1 atom stereocenters. The van der Waals surface area contributed by atoms with Gasteiger partial charge in [-0.25, -0.2) is 4.79 Å².